The van der Waals surface area contributed by atoms with E-state index in [1.165, 1.54) is 41.4 Å². The first-order valence-corrected chi connectivity index (χ1v) is 9.84. The fourth-order valence-corrected chi connectivity index (χ4v) is 3.70. The predicted octanol–water partition coefficient (Wildman–Crippen LogP) is 4.48. The van der Waals surface area contributed by atoms with Gasteiger partial charge < -0.3 is 9.52 Å². The number of para-hydroxylation sites is 1. The van der Waals surface area contributed by atoms with Crippen LogP contribution in [0.2, 0.25) is 0 Å². The number of halogens is 1. The lowest BCUT2D eigenvalue weighted by molar-refractivity contribution is 0.474. The van der Waals surface area contributed by atoms with Crippen LogP contribution in [0.15, 0.2) is 62.3 Å². The van der Waals surface area contributed by atoms with Crippen LogP contribution in [-0.4, -0.2) is 31.7 Å². The number of phenolic OH excluding ortho intramolecular Hbond substituents is 1. The van der Waals surface area contributed by atoms with E-state index in [2.05, 4.69) is 25.4 Å². The van der Waals surface area contributed by atoms with E-state index in [0.29, 0.717) is 38.1 Å². The maximum absolute atomic E-state index is 13.0. The van der Waals surface area contributed by atoms with Crippen LogP contribution in [-0.2, 0) is 5.75 Å². The zero-order chi connectivity index (χ0) is 19.3. The minimum atomic E-state index is -0.323. The highest BCUT2D eigenvalue weighted by Gasteiger charge is 2.11. The minimum absolute atomic E-state index is 0.152. The second-order valence-electron chi connectivity index (χ2n) is 5.46. The average molecular weight is 413 g/mol. The van der Waals surface area contributed by atoms with E-state index < -0.39 is 0 Å². The first kappa shape index (κ1) is 18.3. The topological polar surface area (TPSA) is 97.3 Å². The molecule has 2 aromatic carbocycles. The van der Waals surface area contributed by atoms with Crippen molar-refractivity contribution in [2.45, 2.75) is 10.1 Å². The highest BCUT2D eigenvalue weighted by atomic mass is 32.2. The molecule has 0 saturated heterocycles. The first-order chi connectivity index (χ1) is 13.7. The highest BCUT2D eigenvalue weighted by Crippen LogP contribution is 2.30. The number of phenols is 1. The number of aliphatic imine (C=N–C) groups is 1. The Balaban J connectivity index is 1.37. The van der Waals surface area contributed by atoms with Gasteiger partial charge in [0.15, 0.2) is 4.34 Å². The van der Waals surface area contributed by atoms with Gasteiger partial charge in [-0.2, -0.15) is 0 Å². The molecule has 0 unspecified atom stereocenters. The highest BCUT2D eigenvalue weighted by molar-refractivity contribution is 8.00. The van der Waals surface area contributed by atoms with Gasteiger partial charge in [-0.15, -0.1) is 20.4 Å². The Labute approximate surface area is 167 Å². The maximum atomic E-state index is 13.0. The number of hydrogen-bond acceptors (Lipinski definition) is 9. The number of benzene rings is 2. The third-order valence-electron chi connectivity index (χ3n) is 3.52. The van der Waals surface area contributed by atoms with Crippen molar-refractivity contribution in [3.05, 3.63) is 65.8 Å². The monoisotopic (exact) mass is 413 g/mol. The van der Waals surface area contributed by atoms with Crippen LogP contribution in [0.1, 0.15) is 11.5 Å². The van der Waals surface area contributed by atoms with Gasteiger partial charge in [0, 0.05) is 17.3 Å². The molecule has 7 nitrogen and oxygen atoms in total. The molecule has 0 radical (unpaired) electrons. The van der Waals surface area contributed by atoms with Crippen molar-refractivity contribution in [2.75, 3.05) is 0 Å². The van der Waals surface area contributed by atoms with Crippen LogP contribution in [0.5, 0.6) is 5.75 Å². The average Bonchev–Trinajstić information content (AvgIpc) is 3.36. The number of thioether (sulfide) groups is 1. The van der Waals surface area contributed by atoms with Crippen molar-refractivity contribution in [2.24, 2.45) is 4.99 Å². The van der Waals surface area contributed by atoms with Crippen molar-refractivity contribution >= 4 is 34.4 Å². The molecular formula is C18H12FN5O2S2. The van der Waals surface area contributed by atoms with Gasteiger partial charge in [0.25, 0.3) is 0 Å². The van der Waals surface area contributed by atoms with Crippen LogP contribution in [0.3, 0.4) is 0 Å². The molecule has 4 aromatic rings. The Bertz CT molecular complexity index is 1110. The molecule has 0 fully saturated rings. The zero-order valence-corrected chi connectivity index (χ0v) is 15.8. The molecule has 0 saturated carbocycles. The summed E-state index contributed by atoms with van der Waals surface area (Å²) in [7, 11) is 0. The normalized spacial score (nSPS) is 11.3. The van der Waals surface area contributed by atoms with Gasteiger partial charge in [0.2, 0.25) is 16.9 Å². The largest absolute Gasteiger partial charge is 0.507 e. The Kier molecular flexibility index (Phi) is 5.40. The number of aromatic hydroxyl groups is 1. The van der Waals surface area contributed by atoms with Gasteiger partial charge in [-0.25, -0.2) is 9.38 Å². The molecule has 1 N–H and O–H groups in total. The van der Waals surface area contributed by atoms with E-state index in [1.807, 2.05) is 6.07 Å². The molecule has 2 aromatic heterocycles. The van der Waals surface area contributed by atoms with Gasteiger partial charge in [0.05, 0.1) is 5.75 Å². The fourth-order valence-electron chi connectivity index (χ4n) is 2.18. The second-order valence-corrected chi connectivity index (χ2v) is 7.64. The summed E-state index contributed by atoms with van der Waals surface area (Å²) in [5.74, 6) is 1.01. The van der Waals surface area contributed by atoms with E-state index in [4.69, 9.17) is 4.42 Å². The lowest BCUT2D eigenvalue weighted by Gasteiger charge is -1.95. The molecule has 0 aliphatic rings. The van der Waals surface area contributed by atoms with Crippen LogP contribution in [0.25, 0.3) is 11.5 Å². The zero-order valence-electron chi connectivity index (χ0n) is 14.2. The molecule has 2 heterocycles. The van der Waals surface area contributed by atoms with Crippen molar-refractivity contribution in [3.63, 3.8) is 0 Å². The molecule has 0 aliphatic heterocycles. The summed E-state index contributed by atoms with van der Waals surface area (Å²) in [5.41, 5.74) is 1.26. The van der Waals surface area contributed by atoms with Gasteiger partial charge in [0.1, 0.15) is 11.6 Å². The van der Waals surface area contributed by atoms with Gasteiger partial charge >= 0.3 is 0 Å². The van der Waals surface area contributed by atoms with Crippen molar-refractivity contribution in [1.82, 2.24) is 20.4 Å². The maximum Gasteiger partial charge on any atom is 0.247 e. The van der Waals surface area contributed by atoms with E-state index in [9.17, 15) is 9.50 Å². The molecule has 28 heavy (non-hydrogen) atoms. The van der Waals surface area contributed by atoms with E-state index in [0.717, 1.165) is 0 Å². The van der Waals surface area contributed by atoms with Crippen molar-refractivity contribution < 1.29 is 13.9 Å². The number of aromatic nitrogens is 4. The molecular weight excluding hydrogens is 401 g/mol. The Hall–Kier alpha value is -3.11. The standard InChI is InChI=1S/C18H12FN5O2S2/c19-13-7-5-11(6-8-13)16-22-21-15(26-16)10-27-18-24-23-17(28-18)20-9-12-3-1-2-4-14(12)25/h1-9,25H,10H2. The smallest absolute Gasteiger partial charge is 0.247 e. The molecule has 0 bridgehead atoms. The molecule has 0 spiro atoms. The van der Waals surface area contributed by atoms with Crippen LogP contribution >= 0.6 is 23.1 Å². The van der Waals surface area contributed by atoms with Crippen LogP contribution in [0.4, 0.5) is 9.52 Å². The number of nitrogens with zero attached hydrogens (tertiary/aromatic N) is 5. The van der Waals surface area contributed by atoms with E-state index in [1.54, 1.807) is 30.3 Å². The van der Waals surface area contributed by atoms with Gasteiger partial charge in [-0.05, 0) is 36.4 Å². The minimum Gasteiger partial charge on any atom is -0.507 e. The van der Waals surface area contributed by atoms with Crippen molar-refractivity contribution in [3.8, 4) is 17.2 Å². The molecule has 0 aliphatic carbocycles. The molecule has 0 atom stereocenters. The molecule has 10 heteroatoms. The van der Waals surface area contributed by atoms with Crippen molar-refractivity contribution in [1.29, 1.82) is 0 Å². The molecule has 140 valence electrons. The SMILES string of the molecule is Oc1ccccc1C=Nc1nnc(SCc2nnc(-c3ccc(F)cc3)o2)s1. The summed E-state index contributed by atoms with van der Waals surface area (Å²) in [6.07, 6.45) is 1.54. The third kappa shape index (κ3) is 4.41. The van der Waals surface area contributed by atoms with Gasteiger partial charge in [-0.3, -0.25) is 0 Å². The van der Waals surface area contributed by atoms with Crippen LogP contribution < -0.4 is 0 Å². The first-order valence-electron chi connectivity index (χ1n) is 8.04. The predicted molar refractivity (Wildman–Crippen MR) is 105 cm³/mol. The summed E-state index contributed by atoms with van der Waals surface area (Å²) in [6, 6.07) is 12.7. The Morgan fingerprint density at radius 1 is 1.07 bits per heavy atom. The van der Waals surface area contributed by atoms with E-state index in [-0.39, 0.29) is 11.6 Å². The van der Waals surface area contributed by atoms with Gasteiger partial charge in [-0.1, -0.05) is 35.2 Å². The lowest BCUT2D eigenvalue weighted by atomic mass is 10.2. The Morgan fingerprint density at radius 3 is 2.71 bits per heavy atom. The summed E-state index contributed by atoms with van der Waals surface area (Å²) in [5, 5.41) is 26.2. The summed E-state index contributed by atoms with van der Waals surface area (Å²) in [4.78, 5) is 4.23. The van der Waals surface area contributed by atoms with Crippen LogP contribution in [0, 0.1) is 5.82 Å². The summed E-state index contributed by atoms with van der Waals surface area (Å²) >= 11 is 2.71. The number of rotatable bonds is 6. The quantitative estimate of drug-likeness (QED) is 0.368. The molecule has 0 amide bonds. The molecule has 4 rings (SSSR count). The fraction of sp³-hybridized carbons (Fsp3) is 0.0556. The summed E-state index contributed by atoms with van der Waals surface area (Å²) < 4.78 is 19.3. The summed E-state index contributed by atoms with van der Waals surface area (Å²) in [6.45, 7) is 0. The van der Waals surface area contributed by atoms with E-state index >= 15 is 0 Å². The Morgan fingerprint density at radius 2 is 1.89 bits per heavy atom. The third-order valence-corrected chi connectivity index (χ3v) is 5.47. The second kappa shape index (κ2) is 8.28. The number of hydrogen-bond donors (Lipinski definition) is 1. The lowest BCUT2D eigenvalue weighted by Crippen LogP contribution is -1.80.